The molecule has 0 saturated heterocycles. The number of carbonyl (C=O) groups is 1. The van der Waals surface area contributed by atoms with Crippen molar-refractivity contribution < 1.29 is 9.18 Å². The van der Waals surface area contributed by atoms with Crippen molar-refractivity contribution in [1.82, 2.24) is 5.32 Å². The van der Waals surface area contributed by atoms with Gasteiger partial charge in [-0.1, -0.05) is 12.8 Å². The predicted molar refractivity (Wildman–Crippen MR) is 65.7 cm³/mol. The Morgan fingerprint density at radius 3 is 2.76 bits per heavy atom. The van der Waals surface area contributed by atoms with E-state index in [1.54, 1.807) is 19.1 Å². The third-order valence-corrected chi connectivity index (χ3v) is 3.39. The molecule has 0 unspecified atom stereocenters. The summed E-state index contributed by atoms with van der Waals surface area (Å²) in [5.41, 5.74) is 1.12. The van der Waals surface area contributed by atoms with Crippen molar-refractivity contribution >= 4 is 5.78 Å². The number of halogens is 1. The first-order valence-corrected chi connectivity index (χ1v) is 6.19. The maximum absolute atomic E-state index is 13.1. The molecular weight excluding hydrogens is 217 g/mol. The van der Waals surface area contributed by atoms with Gasteiger partial charge in [-0.25, -0.2) is 4.39 Å². The van der Waals surface area contributed by atoms with Crippen LogP contribution in [0.3, 0.4) is 0 Å². The Bertz CT molecular complexity index is 411. The number of nitrogens with one attached hydrogen (secondary N) is 1. The van der Waals surface area contributed by atoms with Crippen LogP contribution >= 0.6 is 0 Å². The summed E-state index contributed by atoms with van der Waals surface area (Å²) in [4.78, 5) is 11.9. The highest BCUT2D eigenvalue weighted by Gasteiger charge is 2.16. The van der Waals surface area contributed by atoms with E-state index in [0.717, 1.165) is 12.8 Å². The predicted octanol–water partition coefficient (Wildman–Crippen LogP) is 2.85. The molecule has 1 aromatic carbocycles. The molecule has 0 aliphatic heterocycles. The number of aryl methyl sites for hydroxylation is 1. The lowest BCUT2D eigenvalue weighted by Crippen LogP contribution is -2.31. The molecule has 0 amide bonds. The van der Waals surface area contributed by atoms with Crippen LogP contribution in [0.25, 0.3) is 0 Å². The fraction of sp³-hybridized carbons (Fsp3) is 0.500. The Morgan fingerprint density at radius 1 is 1.41 bits per heavy atom. The van der Waals surface area contributed by atoms with Gasteiger partial charge < -0.3 is 5.32 Å². The quantitative estimate of drug-likeness (QED) is 0.813. The van der Waals surface area contributed by atoms with Gasteiger partial charge in [0.1, 0.15) is 5.82 Å². The topological polar surface area (TPSA) is 29.1 Å². The third-order valence-electron chi connectivity index (χ3n) is 3.39. The smallest absolute Gasteiger partial charge is 0.176 e. The second-order valence-corrected chi connectivity index (χ2v) is 4.75. The van der Waals surface area contributed by atoms with Crippen LogP contribution < -0.4 is 5.32 Å². The second-order valence-electron chi connectivity index (χ2n) is 4.75. The average molecular weight is 235 g/mol. The molecule has 0 heterocycles. The molecular formula is C14H18FNO. The lowest BCUT2D eigenvalue weighted by atomic mass is 10.1. The molecule has 1 fully saturated rings. The minimum atomic E-state index is -0.259. The standard InChI is InChI=1S/C14H18FNO/c1-10-8-11(6-7-13(10)15)14(17)9-16-12-4-2-3-5-12/h6-8,12,16H,2-5,9H2,1H3. The third kappa shape index (κ3) is 3.13. The molecule has 0 aromatic heterocycles. The number of hydrogen-bond acceptors (Lipinski definition) is 2. The zero-order valence-electron chi connectivity index (χ0n) is 10.1. The molecule has 1 aliphatic carbocycles. The summed E-state index contributed by atoms with van der Waals surface area (Å²) in [7, 11) is 0. The van der Waals surface area contributed by atoms with Crippen molar-refractivity contribution in [2.45, 2.75) is 38.6 Å². The number of Topliss-reactive ketones (excluding diaryl/α,β-unsaturated/α-hetero) is 1. The normalized spacial score (nSPS) is 16.4. The Kier molecular flexibility index (Phi) is 3.89. The zero-order chi connectivity index (χ0) is 12.3. The highest BCUT2D eigenvalue weighted by Crippen LogP contribution is 2.17. The zero-order valence-corrected chi connectivity index (χ0v) is 10.1. The van der Waals surface area contributed by atoms with Crippen LogP contribution in [-0.4, -0.2) is 18.4 Å². The van der Waals surface area contributed by atoms with Crippen molar-refractivity contribution in [1.29, 1.82) is 0 Å². The molecule has 1 aliphatic rings. The van der Waals surface area contributed by atoms with E-state index in [0.29, 0.717) is 23.7 Å². The van der Waals surface area contributed by atoms with E-state index in [-0.39, 0.29) is 11.6 Å². The fourth-order valence-corrected chi connectivity index (χ4v) is 2.29. The summed E-state index contributed by atoms with van der Waals surface area (Å²) in [5.74, 6) is -0.217. The average Bonchev–Trinajstić information content (AvgIpc) is 2.82. The summed E-state index contributed by atoms with van der Waals surface area (Å²) in [5, 5.41) is 3.27. The van der Waals surface area contributed by atoms with Crippen molar-refractivity contribution in [3.05, 3.63) is 35.1 Å². The van der Waals surface area contributed by atoms with Crippen molar-refractivity contribution in [2.75, 3.05) is 6.54 Å². The van der Waals surface area contributed by atoms with Gasteiger partial charge in [0.15, 0.2) is 5.78 Å². The largest absolute Gasteiger partial charge is 0.307 e. The van der Waals surface area contributed by atoms with Gasteiger partial charge in [0.05, 0.1) is 6.54 Å². The monoisotopic (exact) mass is 235 g/mol. The molecule has 1 saturated carbocycles. The van der Waals surface area contributed by atoms with Crippen molar-refractivity contribution in [3.8, 4) is 0 Å². The maximum Gasteiger partial charge on any atom is 0.176 e. The van der Waals surface area contributed by atoms with E-state index in [4.69, 9.17) is 0 Å². The molecule has 2 rings (SSSR count). The molecule has 1 aromatic rings. The molecule has 0 bridgehead atoms. The van der Waals surface area contributed by atoms with E-state index in [1.165, 1.54) is 18.9 Å². The van der Waals surface area contributed by atoms with E-state index in [9.17, 15) is 9.18 Å². The minimum absolute atomic E-state index is 0.0417. The van der Waals surface area contributed by atoms with Crippen LogP contribution in [-0.2, 0) is 0 Å². The van der Waals surface area contributed by atoms with Crippen LogP contribution in [0, 0.1) is 12.7 Å². The van der Waals surface area contributed by atoms with Gasteiger partial charge in [-0.15, -0.1) is 0 Å². The summed E-state index contributed by atoms with van der Waals surface area (Å²) in [6.07, 6.45) is 4.83. The van der Waals surface area contributed by atoms with Gasteiger partial charge in [-0.05, 0) is 43.5 Å². The molecule has 2 nitrogen and oxygen atoms in total. The first kappa shape index (κ1) is 12.2. The molecule has 17 heavy (non-hydrogen) atoms. The van der Waals surface area contributed by atoms with Crippen LogP contribution in [0.4, 0.5) is 4.39 Å². The first-order valence-electron chi connectivity index (χ1n) is 6.19. The summed E-state index contributed by atoms with van der Waals surface area (Å²) in [6.45, 7) is 2.03. The maximum atomic E-state index is 13.1. The number of rotatable bonds is 4. The Morgan fingerprint density at radius 2 is 2.12 bits per heavy atom. The van der Waals surface area contributed by atoms with Crippen molar-refractivity contribution in [3.63, 3.8) is 0 Å². The van der Waals surface area contributed by atoms with E-state index < -0.39 is 0 Å². The van der Waals surface area contributed by atoms with Gasteiger partial charge in [-0.3, -0.25) is 4.79 Å². The van der Waals surface area contributed by atoms with Crippen LogP contribution in [0.1, 0.15) is 41.6 Å². The number of hydrogen-bond donors (Lipinski definition) is 1. The van der Waals surface area contributed by atoms with Gasteiger partial charge in [0.25, 0.3) is 0 Å². The summed E-state index contributed by atoms with van der Waals surface area (Å²) < 4.78 is 13.1. The SMILES string of the molecule is Cc1cc(C(=O)CNC2CCCC2)ccc1F. The molecule has 3 heteroatoms. The van der Waals surface area contributed by atoms with E-state index in [1.807, 2.05) is 0 Å². The molecule has 1 N–H and O–H groups in total. The summed E-state index contributed by atoms with van der Waals surface area (Å²) >= 11 is 0. The lowest BCUT2D eigenvalue weighted by molar-refractivity contribution is 0.0987. The fourth-order valence-electron chi connectivity index (χ4n) is 2.29. The van der Waals surface area contributed by atoms with Gasteiger partial charge >= 0.3 is 0 Å². The van der Waals surface area contributed by atoms with Gasteiger partial charge in [0, 0.05) is 11.6 Å². The number of benzene rings is 1. The number of carbonyl (C=O) groups excluding carboxylic acids is 1. The highest BCUT2D eigenvalue weighted by atomic mass is 19.1. The Labute approximate surface area is 101 Å². The van der Waals surface area contributed by atoms with Crippen molar-refractivity contribution in [2.24, 2.45) is 0 Å². The van der Waals surface area contributed by atoms with Crippen LogP contribution in [0.5, 0.6) is 0 Å². The Balaban J connectivity index is 1.92. The van der Waals surface area contributed by atoms with Crippen LogP contribution in [0.15, 0.2) is 18.2 Å². The van der Waals surface area contributed by atoms with Gasteiger partial charge in [0.2, 0.25) is 0 Å². The van der Waals surface area contributed by atoms with E-state index in [2.05, 4.69) is 5.32 Å². The molecule has 0 spiro atoms. The van der Waals surface area contributed by atoms with E-state index >= 15 is 0 Å². The lowest BCUT2D eigenvalue weighted by Gasteiger charge is -2.11. The highest BCUT2D eigenvalue weighted by molar-refractivity contribution is 5.97. The molecule has 0 atom stereocenters. The minimum Gasteiger partial charge on any atom is -0.307 e. The Hall–Kier alpha value is -1.22. The number of ketones is 1. The molecule has 92 valence electrons. The first-order chi connectivity index (χ1) is 8.16. The molecule has 0 radical (unpaired) electrons. The van der Waals surface area contributed by atoms with Crippen LogP contribution in [0.2, 0.25) is 0 Å². The summed E-state index contributed by atoms with van der Waals surface area (Å²) in [6, 6.07) is 5.02. The second kappa shape index (κ2) is 5.41. The van der Waals surface area contributed by atoms with Gasteiger partial charge in [-0.2, -0.15) is 0 Å².